The van der Waals surface area contributed by atoms with Gasteiger partial charge >= 0.3 is 0 Å². The highest BCUT2D eigenvalue weighted by Gasteiger charge is 2.12. The second-order valence-electron chi connectivity index (χ2n) is 2.72. The second kappa shape index (κ2) is 9.04. The summed E-state index contributed by atoms with van der Waals surface area (Å²) in [5, 5.41) is 3.08. The highest BCUT2D eigenvalue weighted by Crippen LogP contribution is 2.32. The van der Waals surface area contributed by atoms with Gasteiger partial charge in [0.2, 0.25) is 6.79 Å². The van der Waals surface area contributed by atoms with Crippen molar-refractivity contribution in [2.24, 2.45) is 0 Å². The Bertz CT molecular complexity index is 287. The molecule has 0 bridgehead atoms. The zero-order valence-corrected chi connectivity index (χ0v) is 11.0. The van der Waals surface area contributed by atoms with Crippen LogP contribution in [0.4, 0.5) is 0 Å². The monoisotopic (exact) mass is 225 g/mol. The standard InChI is InChI=1S/C9H11NO2.2C2H6/c1-10-5-7-2-3-8-9(4-7)12-6-11-8;2*1-2/h2-4,10H,5-6H2,1H3;2*1-2H3. The van der Waals surface area contributed by atoms with Crippen molar-refractivity contribution in [1.29, 1.82) is 0 Å². The Labute approximate surface area is 98.8 Å². The summed E-state index contributed by atoms with van der Waals surface area (Å²) in [5.74, 6) is 1.69. The summed E-state index contributed by atoms with van der Waals surface area (Å²) in [6, 6.07) is 5.97. The van der Waals surface area contributed by atoms with Gasteiger partial charge in [0.1, 0.15) is 0 Å². The molecule has 1 aromatic carbocycles. The van der Waals surface area contributed by atoms with Gasteiger partial charge < -0.3 is 14.8 Å². The van der Waals surface area contributed by atoms with Gasteiger partial charge in [-0.1, -0.05) is 33.8 Å². The van der Waals surface area contributed by atoms with E-state index in [2.05, 4.69) is 5.32 Å². The highest BCUT2D eigenvalue weighted by atomic mass is 16.7. The number of ether oxygens (including phenoxy) is 2. The number of hydrogen-bond acceptors (Lipinski definition) is 3. The van der Waals surface area contributed by atoms with E-state index in [4.69, 9.17) is 9.47 Å². The van der Waals surface area contributed by atoms with Crippen LogP contribution in [0.5, 0.6) is 11.5 Å². The summed E-state index contributed by atoms with van der Waals surface area (Å²) >= 11 is 0. The molecule has 1 N–H and O–H groups in total. The first kappa shape index (κ1) is 14.8. The lowest BCUT2D eigenvalue weighted by Gasteiger charge is -2.00. The van der Waals surface area contributed by atoms with Crippen LogP contribution in [0, 0.1) is 0 Å². The lowest BCUT2D eigenvalue weighted by atomic mass is 10.2. The molecule has 0 amide bonds. The predicted octanol–water partition coefficient (Wildman–Crippen LogP) is 3.19. The van der Waals surface area contributed by atoms with Crippen LogP contribution in [0.3, 0.4) is 0 Å². The Hall–Kier alpha value is -1.22. The van der Waals surface area contributed by atoms with Gasteiger partial charge in [-0.15, -0.1) is 0 Å². The maximum atomic E-state index is 5.24. The average molecular weight is 225 g/mol. The quantitative estimate of drug-likeness (QED) is 0.838. The zero-order valence-electron chi connectivity index (χ0n) is 11.0. The minimum Gasteiger partial charge on any atom is -0.454 e. The van der Waals surface area contributed by atoms with Gasteiger partial charge in [0.15, 0.2) is 11.5 Å². The predicted molar refractivity (Wildman–Crippen MR) is 68.0 cm³/mol. The van der Waals surface area contributed by atoms with Gasteiger partial charge in [-0.05, 0) is 24.7 Å². The molecule has 2 rings (SSSR count). The van der Waals surface area contributed by atoms with Gasteiger partial charge in [0.05, 0.1) is 0 Å². The van der Waals surface area contributed by atoms with Crippen LogP contribution in [0.2, 0.25) is 0 Å². The molecule has 0 aliphatic carbocycles. The van der Waals surface area contributed by atoms with Crippen molar-refractivity contribution < 1.29 is 9.47 Å². The Morgan fingerprint density at radius 1 is 1.06 bits per heavy atom. The van der Waals surface area contributed by atoms with Crippen LogP contribution in [0.25, 0.3) is 0 Å². The molecule has 16 heavy (non-hydrogen) atoms. The van der Waals surface area contributed by atoms with Crippen LogP contribution in [0.1, 0.15) is 33.3 Å². The number of benzene rings is 1. The van der Waals surface area contributed by atoms with Gasteiger partial charge in [-0.2, -0.15) is 0 Å². The molecular weight excluding hydrogens is 202 g/mol. The van der Waals surface area contributed by atoms with Crippen molar-refractivity contribution in [3.63, 3.8) is 0 Å². The lowest BCUT2D eigenvalue weighted by molar-refractivity contribution is 0.174. The molecule has 3 nitrogen and oxygen atoms in total. The first-order valence-electron chi connectivity index (χ1n) is 5.93. The molecule has 3 heteroatoms. The summed E-state index contributed by atoms with van der Waals surface area (Å²) in [6.07, 6.45) is 0. The molecule has 1 aliphatic heterocycles. The third-order valence-electron chi connectivity index (χ3n) is 1.82. The summed E-state index contributed by atoms with van der Waals surface area (Å²) in [7, 11) is 1.92. The highest BCUT2D eigenvalue weighted by molar-refractivity contribution is 5.44. The number of rotatable bonds is 2. The van der Waals surface area contributed by atoms with Crippen molar-refractivity contribution in [3.8, 4) is 11.5 Å². The van der Waals surface area contributed by atoms with E-state index in [-0.39, 0.29) is 0 Å². The SMILES string of the molecule is CC.CC.CNCc1ccc2c(c1)OCO2. The smallest absolute Gasteiger partial charge is 0.231 e. The van der Waals surface area contributed by atoms with Crippen LogP contribution in [-0.2, 0) is 6.54 Å². The number of hydrogen-bond donors (Lipinski definition) is 1. The normalized spacial score (nSPS) is 10.8. The molecule has 0 atom stereocenters. The third kappa shape index (κ3) is 4.11. The van der Waals surface area contributed by atoms with E-state index in [0.717, 1.165) is 18.0 Å². The van der Waals surface area contributed by atoms with Gasteiger partial charge in [-0.25, -0.2) is 0 Å². The minimum absolute atomic E-state index is 0.346. The molecule has 1 aliphatic rings. The van der Waals surface area contributed by atoms with E-state index >= 15 is 0 Å². The van der Waals surface area contributed by atoms with E-state index in [9.17, 15) is 0 Å². The molecule has 0 aromatic heterocycles. The van der Waals surface area contributed by atoms with E-state index in [0.29, 0.717) is 6.79 Å². The molecule has 1 heterocycles. The average Bonchev–Trinajstić information content (AvgIpc) is 2.82. The van der Waals surface area contributed by atoms with Crippen molar-refractivity contribution in [3.05, 3.63) is 23.8 Å². The molecule has 0 radical (unpaired) electrons. The molecule has 0 saturated heterocycles. The Morgan fingerprint density at radius 2 is 1.69 bits per heavy atom. The summed E-state index contributed by atoms with van der Waals surface area (Å²) in [5.41, 5.74) is 1.21. The van der Waals surface area contributed by atoms with Gasteiger partial charge in [-0.3, -0.25) is 0 Å². The van der Waals surface area contributed by atoms with Crippen molar-refractivity contribution in [2.45, 2.75) is 34.2 Å². The van der Waals surface area contributed by atoms with E-state index < -0.39 is 0 Å². The molecular formula is C13H23NO2. The van der Waals surface area contributed by atoms with Gasteiger partial charge in [0.25, 0.3) is 0 Å². The van der Waals surface area contributed by atoms with Crippen LogP contribution in [-0.4, -0.2) is 13.8 Å². The summed E-state index contributed by atoms with van der Waals surface area (Å²) in [6.45, 7) is 9.20. The zero-order chi connectivity index (χ0) is 12.4. The van der Waals surface area contributed by atoms with Crippen LogP contribution in [0.15, 0.2) is 18.2 Å². The van der Waals surface area contributed by atoms with Crippen molar-refractivity contribution in [2.75, 3.05) is 13.8 Å². The molecule has 0 fully saturated rings. The fourth-order valence-electron chi connectivity index (χ4n) is 1.26. The summed E-state index contributed by atoms with van der Waals surface area (Å²) < 4.78 is 10.4. The fraction of sp³-hybridized carbons (Fsp3) is 0.538. The van der Waals surface area contributed by atoms with E-state index in [1.165, 1.54) is 5.56 Å². The maximum absolute atomic E-state index is 5.24. The van der Waals surface area contributed by atoms with Crippen LogP contribution >= 0.6 is 0 Å². The lowest BCUT2D eigenvalue weighted by Crippen LogP contribution is -2.04. The molecule has 0 spiro atoms. The topological polar surface area (TPSA) is 30.5 Å². The molecule has 1 aromatic rings. The molecule has 0 unspecified atom stereocenters. The molecule has 92 valence electrons. The van der Waals surface area contributed by atoms with E-state index in [1.807, 2.05) is 52.9 Å². The third-order valence-corrected chi connectivity index (χ3v) is 1.82. The fourth-order valence-corrected chi connectivity index (χ4v) is 1.26. The summed E-state index contributed by atoms with van der Waals surface area (Å²) in [4.78, 5) is 0. The van der Waals surface area contributed by atoms with Crippen molar-refractivity contribution in [1.82, 2.24) is 5.32 Å². The minimum atomic E-state index is 0.346. The Balaban J connectivity index is 0.000000509. The largest absolute Gasteiger partial charge is 0.454 e. The van der Waals surface area contributed by atoms with Crippen LogP contribution < -0.4 is 14.8 Å². The maximum Gasteiger partial charge on any atom is 0.231 e. The number of fused-ring (bicyclic) bond motifs is 1. The second-order valence-corrected chi connectivity index (χ2v) is 2.72. The number of nitrogens with one attached hydrogen (secondary N) is 1. The van der Waals surface area contributed by atoms with E-state index in [1.54, 1.807) is 0 Å². The molecule has 0 saturated carbocycles. The first-order chi connectivity index (χ1) is 7.90. The van der Waals surface area contributed by atoms with Gasteiger partial charge in [0, 0.05) is 6.54 Å². The van der Waals surface area contributed by atoms with Crippen molar-refractivity contribution >= 4 is 0 Å². The Kier molecular flexibility index (Phi) is 8.35. The Morgan fingerprint density at radius 3 is 2.31 bits per heavy atom. The first-order valence-corrected chi connectivity index (χ1v) is 5.93.